The van der Waals surface area contributed by atoms with Crippen molar-refractivity contribution in [3.63, 3.8) is 0 Å². The summed E-state index contributed by atoms with van der Waals surface area (Å²) in [7, 11) is 0. The Morgan fingerprint density at radius 3 is 0.844 bits per heavy atom. The van der Waals surface area contributed by atoms with Crippen molar-refractivity contribution in [2.24, 2.45) is 16.2 Å². The van der Waals surface area contributed by atoms with Crippen LogP contribution in [0.2, 0.25) is 0 Å². The number of carbonyl (C=O) groups excluding carboxylic acids is 3. The highest BCUT2D eigenvalue weighted by atomic mass is 16.2. The second-order valence-corrected chi connectivity index (χ2v) is 14.5. The van der Waals surface area contributed by atoms with E-state index in [0.717, 1.165) is 33.4 Å². The quantitative estimate of drug-likeness (QED) is 0.205. The van der Waals surface area contributed by atoms with Gasteiger partial charge >= 0.3 is 0 Å². The molecule has 0 heterocycles. The van der Waals surface area contributed by atoms with E-state index in [1.54, 1.807) is 0 Å². The van der Waals surface area contributed by atoms with Gasteiger partial charge in [-0.25, -0.2) is 0 Å². The van der Waals surface area contributed by atoms with E-state index in [2.05, 4.69) is 34.1 Å². The van der Waals surface area contributed by atoms with Crippen molar-refractivity contribution in [3.8, 4) is 33.4 Å². The van der Waals surface area contributed by atoms with E-state index < -0.39 is 16.2 Å². The van der Waals surface area contributed by atoms with Crippen LogP contribution in [0.3, 0.4) is 0 Å². The molecule has 0 atom stereocenters. The van der Waals surface area contributed by atoms with E-state index in [1.807, 2.05) is 135 Å². The topological polar surface area (TPSA) is 87.3 Å². The summed E-state index contributed by atoms with van der Waals surface area (Å²) in [5.41, 5.74) is 5.56. The van der Waals surface area contributed by atoms with Crippen LogP contribution in [0.1, 0.15) is 62.3 Å². The maximum Gasteiger partial charge on any atom is 0.229 e. The highest BCUT2D eigenvalue weighted by Gasteiger charge is 2.25. The number of hydrogen-bond donors (Lipinski definition) is 3. The molecule has 0 aliphatic heterocycles. The summed E-state index contributed by atoms with van der Waals surface area (Å²) in [6.45, 7) is 17.0. The molecule has 0 radical (unpaired) electrons. The number of benzene rings is 4. The molecule has 0 unspecified atom stereocenters. The molecule has 4 aromatic carbocycles. The lowest BCUT2D eigenvalue weighted by Gasteiger charge is -2.22. The van der Waals surface area contributed by atoms with Gasteiger partial charge in [-0.15, -0.1) is 0 Å². The third-order valence-electron chi connectivity index (χ3n) is 7.44. The Morgan fingerprint density at radius 2 is 0.622 bits per heavy atom. The van der Waals surface area contributed by atoms with Crippen LogP contribution in [0.15, 0.2) is 91.0 Å². The van der Waals surface area contributed by atoms with Crippen molar-refractivity contribution in [3.05, 3.63) is 91.0 Å². The van der Waals surface area contributed by atoms with E-state index in [0.29, 0.717) is 17.1 Å². The zero-order valence-corrected chi connectivity index (χ0v) is 27.9. The number of para-hydroxylation sites is 3. The molecule has 0 saturated carbocycles. The number of carbonyl (C=O) groups is 3. The molecular weight excluding hydrogens is 558 g/mol. The van der Waals surface area contributed by atoms with Gasteiger partial charge in [-0.1, -0.05) is 117 Å². The van der Waals surface area contributed by atoms with Gasteiger partial charge in [0.05, 0.1) is 0 Å². The molecule has 4 rings (SSSR count). The molecule has 3 amide bonds. The smallest absolute Gasteiger partial charge is 0.229 e. The second-order valence-electron chi connectivity index (χ2n) is 14.5. The Bertz CT molecular complexity index is 1520. The number of rotatable bonds is 6. The largest absolute Gasteiger partial charge is 0.325 e. The first-order valence-corrected chi connectivity index (χ1v) is 15.3. The standard InChI is InChI=1S/C39H45N3O3/c1-37(2,3)34(43)40-31-19-13-10-16-28(31)25-22-26(29-17-11-14-20-32(29)41-35(44)38(4,5)6)24-27(23-25)30-18-12-15-21-33(30)42-36(45)39(7,8)9/h10-24H,1-9H3,(H,40,43)(H,41,44)(H,42,45). The molecule has 6 nitrogen and oxygen atoms in total. The average molecular weight is 604 g/mol. The zero-order chi connectivity index (χ0) is 33.2. The molecule has 0 aliphatic rings. The van der Waals surface area contributed by atoms with Crippen molar-refractivity contribution in [2.45, 2.75) is 62.3 Å². The van der Waals surface area contributed by atoms with Crippen LogP contribution in [0.25, 0.3) is 33.4 Å². The molecule has 0 aliphatic carbocycles. The van der Waals surface area contributed by atoms with Crippen LogP contribution in [-0.4, -0.2) is 17.7 Å². The fourth-order valence-electron chi connectivity index (χ4n) is 4.56. The third-order valence-corrected chi connectivity index (χ3v) is 7.44. The van der Waals surface area contributed by atoms with Gasteiger partial charge in [0.25, 0.3) is 0 Å². The normalized spacial score (nSPS) is 11.9. The van der Waals surface area contributed by atoms with Gasteiger partial charge in [0, 0.05) is 50.0 Å². The highest BCUT2D eigenvalue weighted by molar-refractivity contribution is 6.02. The molecule has 234 valence electrons. The van der Waals surface area contributed by atoms with Crippen molar-refractivity contribution in [1.29, 1.82) is 0 Å². The van der Waals surface area contributed by atoms with Gasteiger partial charge in [-0.05, 0) is 53.1 Å². The highest BCUT2D eigenvalue weighted by Crippen LogP contribution is 2.40. The molecule has 3 N–H and O–H groups in total. The van der Waals surface area contributed by atoms with E-state index in [1.165, 1.54) is 0 Å². The van der Waals surface area contributed by atoms with Crippen LogP contribution in [0.5, 0.6) is 0 Å². The fraction of sp³-hybridized carbons (Fsp3) is 0.308. The van der Waals surface area contributed by atoms with Gasteiger partial charge in [-0.3, -0.25) is 14.4 Å². The maximum absolute atomic E-state index is 13.1. The number of nitrogens with one attached hydrogen (secondary N) is 3. The zero-order valence-electron chi connectivity index (χ0n) is 27.9. The lowest BCUT2D eigenvalue weighted by molar-refractivity contribution is -0.123. The summed E-state index contributed by atoms with van der Waals surface area (Å²) in [5.74, 6) is -0.259. The minimum atomic E-state index is -0.575. The summed E-state index contributed by atoms with van der Waals surface area (Å²) in [5, 5.41) is 9.37. The maximum atomic E-state index is 13.1. The summed E-state index contributed by atoms with van der Waals surface area (Å²) in [6.07, 6.45) is 0. The van der Waals surface area contributed by atoms with Crippen molar-refractivity contribution in [1.82, 2.24) is 0 Å². The minimum Gasteiger partial charge on any atom is -0.325 e. The molecule has 6 heteroatoms. The van der Waals surface area contributed by atoms with Gasteiger partial charge in [0.15, 0.2) is 0 Å². The van der Waals surface area contributed by atoms with Crippen LogP contribution < -0.4 is 16.0 Å². The minimum absolute atomic E-state index is 0.0863. The lowest BCUT2D eigenvalue weighted by Crippen LogP contribution is -2.28. The molecule has 0 fully saturated rings. The summed E-state index contributed by atoms with van der Waals surface area (Å²) < 4.78 is 0. The molecule has 4 aromatic rings. The molecular formula is C39H45N3O3. The fourth-order valence-corrected chi connectivity index (χ4v) is 4.56. The Hall–Kier alpha value is -4.71. The van der Waals surface area contributed by atoms with Gasteiger partial charge in [0.1, 0.15) is 0 Å². The van der Waals surface area contributed by atoms with E-state index >= 15 is 0 Å². The molecule has 0 saturated heterocycles. The Balaban J connectivity index is 1.96. The summed E-state index contributed by atoms with van der Waals surface area (Å²) in [6, 6.07) is 29.4. The third kappa shape index (κ3) is 8.07. The first-order chi connectivity index (χ1) is 20.9. The molecule has 0 spiro atoms. The Labute approximate surface area is 267 Å². The second kappa shape index (κ2) is 12.7. The summed E-state index contributed by atoms with van der Waals surface area (Å²) in [4.78, 5) is 39.2. The van der Waals surface area contributed by atoms with Crippen molar-refractivity contribution in [2.75, 3.05) is 16.0 Å². The SMILES string of the molecule is CC(C)(C)C(=O)Nc1ccccc1-c1cc(-c2ccccc2NC(=O)C(C)(C)C)cc(-c2ccccc2NC(=O)C(C)(C)C)c1. The van der Waals surface area contributed by atoms with Crippen LogP contribution >= 0.6 is 0 Å². The van der Waals surface area contributed by atoms with E-state index in [9.17, 15) is 14.4 Å². The van der Waals surface area contributed by atoms with Crippen LogP contribution in [-0.2, 0) is 14.4 Å². The predicted molar refractivity (Wildman–Crippen MR) is 187 cm³/mol. The van der Waals surface area contributed by atoms with Gasteiger partial charge < -0.3 is 16.0 Å². The molecule has 0 bridgehead atoms. The van der Waals surface area contributed by atoms with E-state index in [4.69, 9.17) is 0 Å². The number of amides is 3. The van der Waals surface area contributed by atoms with Crippen LogP contribution in [0.4, 0.5) is 17.1 Å². The Kier molecular flexibility index (Phi) is 9.38. The monoisotopic (exact) mass is 603 g/mol. The lowest BCUT2D eigenvalue weighted by atomic mass is 9.90. The number of hydrogen-bond acceptors (Lipinski definition) is 3. The van der Waals surface area contributed by atoms with Gasteiger partial charge in [0.2, 0.25) is 17.7 Å². The van der Waals surface area contributed by atoms with Gasteiger partial charge in [-0.2, -0.15) is 0 Å². The van der Waals surface area contributed by atoms with E-state index in [-0.39, 0.29) is 17.7 Å². The molecule has 45 heavy (non-hydrogen) atoms. The summed E-state index contributed by atoms with van der Waals surface area (Å²) >= 11 is 0. The number of anilines is 3. The Morgan fingerprint density at radius 1 is 0.400 bits per heavy atom. The average Bonchev–Trinajstić information content (AvgIpc) is 2.96. The van der Waals surface area contributed by atoms with Crippen LogP contribution in [0, 0.1) is 16.2 Å². The predicted octanol–water partition coefficient (Wildman–Crippen LogP) is 9.64. The first-order valence-electron chi connectivity index (χ1n) is 15.3. The van der Waals surface area contributed by atoms with Crippen molar-refractivity contribution < 1.29 is 14.4 Å². The first kappa shape index (κ1) is 33.2. The molecule has 0 aromatic heterocycles. The van der Waals surface area contributed by atoms with Crippen molar-refractivity contribution >= 4 is 34.8 Å².